The fraction of sp³-hybridized carbons (Fsp3) is 0.462. The van der Waals surface area contributed by atoms with Gasteiger partial charge in [0.15, 0.2) is 0 Å². The largest absolute Gasteiger partial charge is 0.496 e. The van der Waals surface area contributed by atoms with Gasteiger partial charge in [-0.1, -0.05) is 17.7 Å². The van der Waals surface area contributed by atoms with Crippen LogP contribution in [0.25, 0.3) is 0 Å². The van der Waals surface area contributed by atoms with Gasteiger partial charge in [0.05, 0.1) is 13.7 Å². The van der Waals surface area contributed by atoms with Crippen molar-refractivity contribution in [2.45, 2.75) is 26.4 Å². The van der Waals surface area contributed by atoms with Gasteiger partial charge in [-0.3, -0.25) is 4.79 Å². The van der Waals surface area contributed by atoms with E-state index in [4.69, 9.17) is 15.6 Å². The maximum absolute atomic E-state index is 11.5. The third kappa shape index (κ3) is 3.45. The van der Waals surface area contributed by atoms with Crippen LogP contribution in [0.2, 0.25) is 0 Å². The number of benzene rings is 1. The minimum absolute atomic E-state index is 0.332. The van der Waals surface area contributed by atoms with E-state index >= 15 is 0 Å². The highest BCUT2D eigenvalue weighted by Crippen LogP contribution is 2.24. The lowest BCUT2D eigenvalue weighted by Gasteiger charge is -2.14. The second-order valence-corrected chi connectivity index (χ2v) is 4.28. The van der Waals surface area contributed by atoms with Crippen molar-refractivity contribution in [2.24, 2.45) is 5.73 Å². The van der Waals surface area contributed by atoms with Gasteiger partial charge in [-0.05, 0) is 19.4 Å². The fourth-order valence-corrected chi connectivity index (χ4v) is 1.86. The highest BCUT2D eigenvalue weighted by Gasteiger charge is 2.13. The Labute approximate surface area is 107 Å². The van der Waals surface area contributed by atoms with Crippen LogP contribution in [0.4, 0.5) is 0 Å². The van der Waals surface area contributed by atoms with Crippen molar-refractivity contribution in [3.8, 4) is 5.75 Å². The second kappa shape index (κ2) is 6.37. The van der Waals surface area contributed by atoms with Crippen LogP contribution in [0.5, 0.6) is 5.75 Å². The summed E-state index contributed by atoms with van der Waals surface area (Å²) in [7, 11) is 1.60. The summed E-state index contributed by atoms with van der Waals surface area (Å²) in [5.41, 5.74) is 8.44. The summed E-state index contributed by atoms with van der Waals surface area (Å²) < 4.78 is 5.32. The first-order valence-corrected chi connectivity index (χ1v) is 5.77. The Bertz CT molecular complexity index is 432. The molecule has 0 bridgehead atoms. The minimum Gasteiger partial charge on any atom is -0.496 e. The van der Waals surface area contributed by atoms with Crippen molar-refractivity contribution in [3.05, 3.63) is 28.8 Å². The second-order valence-electron chi connectivity index (χ2n) is 4.28. The van der Waals surface area contributed by atoms with Crippen LogP contribution in [-0.2, 0) is 11.3 Å². The Balaban J connectivity index is 2.81. The molecule has 1 amide bonds. The molecule has 100 valence electrons. The molecule has 0 aliphatic rings. The molecule has 0 aliphatic heterocycles. The topological polar surface area (TPSA) is 84.6 Å². The zero-order valence-electron chi connectivity index (χ0n) is 11.0. The number of methoxy groups -OCH3 is 1. The maximum atomic E-state index is 11.5. The van der Waals surface area contributed by atoms with Gasteiger partial charge in [-0.15, -0.1) is 0 Å². The molecule has 0 spiro atoms. The molecule has 0 saturated carbocycles. The lowest BCUT2D eigenvalue weighted by atomic mass is 10.1. The summed E-state index contributed by atoms with van der Waals surface area (Å²) in [5, 5.41) is 11.5. The molecule has 1 aromatic carbocycles. The molecule has 18 heavy (non-hydrogen) atoms. The molecular weight excluding hydrogens is 232 g/mol. The molecule has 0 fully saturated rings. The van der Waals surface area contributed by atoms with Crippen molar-refractivity contribution < 1.29 is 14.6 Å². The summed E-state index contributed by atoms with van der Waals surface area (Å²) in [6, 6.07) is 3.09. The van der Waals surface area contributed by atoms with Crippen molar-refractivity contribution in [3.63, 3.8) is 0 Å². The maximum Gasteiger partial charge on any atom is 0.239 e. The molecule has 5 heteroatoms. The molecule has 1 rings (SSSR count). The number of aliphatic hydroxyl groups is 1. The molecule has 1 aromatic rings. The van der Waals surface area contributed by atoms with Gasteiger partial charge in [0, 0.05) is 12.1 Å². The Morgan fingerprint density at radius 2 is 2.17 bits per heavy atom. The Kier molecular flexibility index (Phi) is 5.12. The Morgan fingerprint density at radius 3 is 2.72 bits per heavy atom. The van der Waals surface area contributed by atoms with Crippen LogP contribution in [0.1, 0.15) is 16.7 Å². The van der Waals surface area contributed by atoms with E-state index in [0.29, 0.717) is 6.54 Å². The zero-order chi connectivity index (χ0) is 13.7. The smallest absolute Gasteiger partial charge is 0.239 e. The molecule has 1 atom stereocenters. The number of ether oxygens (including phenoxy) is 1. The van der Waals surface area contributed by atoms with Crippen molar-refractivity contribution in [1.82, 2.24) is 5.32 Å². The van der Waals surface area contributed by atoms with Crippen molar-refractivity contribution >= 4 is 5.91 Å². The number of nitrogens with two attached hydrogens (primary N) is 1. The van der Waals surface area contributed by atoms with E-state index in [1.165, 1.54) is 0 Å². The Hall–Kier alpha value is -1.59. The number of hydrogen-bond donors (Lipinski definition) is 3. The van der Waals surface area contributed by atoms with Crippen molar-refractivity contribution in [1.29, 1.82) is 0 Å². The van der Waals surface area contributed by atoms with Gasteiger partial charge in [-0.25, -0.2) is 0 Å². The summed E-state index contributed by atoms with van der Waals surface area (Å²) in [5.74, 6) is 0.386. The van der Waals surface area contributed by atoms with E-state index in [1.807, 2.05) is 26.0 Å². The quantitative estimate of drug-likeness (QED) is 0.701. The first kappa shape index (κ1) is 14.5. The summed E-state index contributed by atoms with van der Waals surface area (Å²) >= 11 is 0. The van der Waals surface area contributed by atoms with E-state index in [2.05, 4.69) is 5.32 Å². The molecule has 4 N–H and O–H groups in total. The lowest BCUT2D eigenvalue weighted by molar-refractivity contribution is -0.123. The number of aryl methyl sites for hydroxylation is 2. The van der Waals surface area contributed by atoms with Crippen LogP contribution in [0.15, 0.2) is 12.1 Å². The van der Waals surface area contributed by atoms with Gasteiger partial charge in [0.25, 0.3) is 0 Å². The number of nitrogens with one attached hydrogen (secondary N) is 1. The van der Waals surface area contributed by atoms with E-state index in [1.54, 1.807) is 7.11 Å². The van der Waals surface area contributed by atoms with Crippen LogP contribution >= 0.6 is 0 Å². The molecular formula is C13H20N2O3. The number of carbonyl (C=O) groups excluding carboxylic acids is 1. The molecule has 0 aromatic heterocycles. The number of carbonyl (C=O) groups is 1. The number of amides is 1. The average Bonchev–Trinajstić information content (AvgIpc) is 2.34. The fourth-order valence-electron chi connectivity index (χ4n) is 1.86. The number of rotatable bonds is 5. The molecule has 0 aliphatic carbocycles. The Morgan fingerprint density at radius 1 is 1.50 bits per heavy atom. The van der Waals surface area contributed by atoms with Gasteiger partial charge in [0.1, 0.15) is 11.8 Å². The van der Waals surface area contributed by atoms with Gasteiger partial charge >= 0.3 is 0 Å². The normalized spacial score (nSPS) is 12.1. The standard InChI is InChI=1S/C13H20N2O3/c1-8-4-9(2)12(18-3)10(5-8)6-15-13(17)11(14)7-16/h4-5,11,16H,6-7,14H2,1-3H3,(H,15,17). The van der Waals surface area contributed by atoms with E-state index in [9.17, 15) is 4.79 Å². The zero-order valence-corrected chi connectivity index (χ0v) is 11.0. The number of hydrogen-bond acceptors (Lipinski definition) is 4. The van der Waals surface area contributed by atoms with Crippen LogP contribution in [0, 0.1) is 13.8 Å². The summed E-state index contributed by atoms with van der Waals surface area (Å²) in [6.07, 6.45) is 0. The summed E-state index contributed by atoms with van der Waals surface area (Å²) in [6.45, 7) is 3.90. The molecule has 0 saturated heterocycles. The molecule has 0 heterocycles. The minimum atomic E-state index is -0.887. The molecule has 1 unspecified atom stereocenters. The summed E-state index contributed by atoms with van der Waals surface area (Å²) in [4.78, 5) is 11.5. The van der Waals surface area contributed by atoms with Crippen LogP contribution in [-0.4, -0.2) is 30.8 Å². The van der Waals surface area contributed by atoms with Gasteiger partial charge in [0.2, 0.25) is 5.91 Å². The van der Waals surface area contributed by atoms with E-state index < -0.39 is 6.04 Å². The highest BCUT2D eigenvalue weighted by atomic mass is 16.5. The van der Waals surface area contributed by atoms with Crippen LogP contribution in [0.3, 0.4) is 0 Å². The third-order valence-corrected chi connectivity index (χ3v) is 2.69. The molecule has 0 radical (unpaired) electrons. The number of aliphatic hydroxyl groups excluding tert-OH is 1. The predicted molar refractivity (Wildman–Crippen MR) is 69.4 cm³/mol. The lowest BCUT2D eigenvalue weighted by Crippen LogP contribution is -2.42. The third-order valence-electron chi connectivity index (χ3n) is 2.69. The van der Waals surface area contributed by atoms with Crippen LogP contribution < -0.4 is 15.8 Å². The van der Waals surface area contributed by atoms with E-state index in [0.717, 1.165) is 22.4 Å². The highest BCUT2D eigenvalue weighted by molar-refractivity contribution is 5.81. The first-order valence-electron chi connectivity index (χ1n) is 5.77. The van der Waals surface area contributed by atoms with Gasteiger partial charge < -0.3 is 20.9 Å². The molecule has 5 nitrogen and oxygen atoms in total. The predicted octanol–water partition coefficient (Wildman–Crippen LogP) is 0.248. The van der Waals surface area contributed by atoms with Gasteiger partial charge in [-0.2, -0.15) is 0 Å². The average molecular weight is 252 g/mol. The van der Waals surface area contributed by atoms with Crippen molar-refractivity contribution in [2.75, 3.05) is 13.7 Å². The SMILES string of the molecule is COc1c(C)cc(C)cc1CNC(=O)C(N)CO. The van der Waals surface area contributed by atoms with E-state index in [-0.39, 0.29) is 12.5 Å². The monoisotopic (exact) mass is 252 g/mol. The first-order chi connectivity index (χ1) is 8.49.